The molecule has 3 aromatic rings. The van der Waals surface area contributed by atoms with Gasteiger partial charge in [0.05, 0.1) is 26.5 Å². The second-order valence-corrected chi connectivity index (χ2v) is 7.33. The first kappa shape index (κ1) is 17.9. The van der Waals surface area contributed by atoms with E-state index in [0.717, 1.165) is 28.3 Å². The van der Waals surface area contributed by atoms with E-state index in [1.54, 1.807) is 20.5 Å². The molecular formula is C22H19ClN2O4. The van der Waals surface area contributed by atoms with Crippen LogP contribution >= 0.6 is 11.6 Å². The molecule has 2 aliphatic heterocycles. The van der Waals surface area contributed by atoms with Crippen LogP contribution in [0, 0.1) is 0 Å². The van der Waals surface area contributed by atoms with Crippen molar-refractivity contribution in [3.05, 3.63) is 76.7 Å². The van der Waals surface area contributed by atoms with E-state index in [1.807, 2.05) is 53.5 Å². The van der Waals surface area contributed by atoms with Gasteiger partial charge in [0, 0.05) is 22.6 Å². The Balaban J connectivity index is 1.60. The smallest absolute Gasteiger partial charge is 0.214 e. The fourth-order valence-corrected chi connectivity index (χ4v) is 4.06. The van der Waals surface area contributed by atoms with Crippen LogP contribution in [-0.2, 0) is 0 Å². The van der Waals surface area contributed by atoms with E-state index in [2.05, 4.69) is 0 Å². The highest BCUT2D eigenvalue weighted by Gasteiger charge is 2.41. The Bertz CT molecular complexity index is 1080. The number of benzene rings is 2. The zero-order chi connectivity index (χ0) is 20.0. The summed E-state index contributed by atoms with van der Waals surface area (Å²) in [5, 5.41) is 7.49. The summed E-state index contributed by atoms with van der Waals surface area (Å²) in [6, 6.07) is 15.2. The molecule has 5 rings (SSSR count). The van der Waals surface area contributed by atoms with E-state index < -0.39 is 6.23 Å². The zero-order valence-electron chi connectivity index (χ0n) is 16.0. The van der Waals surface area contributed by atoms with Gasteiger partial charge >= 0.3 is 0 Å². The summed E-state index contributed by atoms with van der Waals surface area (Å²) in [7, 11) is 3.23. The topological polar surface area (TPSA) is 56.4 Å². The van der Waals surface area contributed by atoms with Gasteiger partial charge in [-0.25, -0.2) is 5.01 Å². The van der Waals surface area contributed by atoms with Crippen LogP contribution in [0.3, 0.4) is 0 Å². The largest absolute Gasteiger partial charge is 0.493 e. The lowest BCUT2D eigenvalue weighted by Gasteiger charge is -2.38. The molecule has 2 aromatic carbocycles. The maximum absolute atomic E-state index is 6.36. The molecule has 6 nitrogen and oxygen atoms in total. The van der Waals surface area contributed by atoms with Crippen molar-refractivity contribution >= 4 is 17.3 Å². The summed E-state index contributed by atoms with van der Waals surface area (Å²) in [4.78, 5) is 0. The normalized spacial score (nSPS) is 19.8. The molecule has 0 amide bonds. The van der Waals surface area contributed by atoms with Crippen molar-refractivity contribution in [1.29, 1.82) is 0 Å². The first-order valence-corrected chi connectivity index (χ1v) is 9.63. The van der Waals surface area contributed by atoms with Gasteiger partial charge in [-0.3, -0.25) is 0 Å². The van der Waals surface area contributed by atoms with Gasteiger partial charge in [-0.1, -0.05) is 11.6 Å². The van der Waals surface area contributed by atoms with Gasteiger partial charge in [0.15, 0.2) is 11.5 Å². The molecule has 0 N–H and O–H groups in total. The van der Waals surface area contributed by atoms with Crippen molar-refractivity contribution in [1.82, 2.24) is 5.01 Å². The third-order valence-corrected chi connectivity index (χ3v) is 5.49. The summed E-state index contributed by atoms with van der Waals surface area (Å²) in [6.07, 6.45) is 1.94. The minimum atomic E-state index is -0.416. The van der Waals surface area contributed by atoms with Crippen molar-refractivity contribution in [2.24, 2.45) is 5.10 Å². The van der Waals surface area contributed by atoms with Gasteiger partial charge in [-0.15, -0.1) is 0 Å². The highest BCUT2D eigenvalue weighted by Crippen LogP contribution is 2.48. The van der Waals surface area contributed by atoms with E-state index in [0.29, 0.717) is 22.9 Å². The van der Waals surface area contributed by atoms with Crippen LogP contribution in [0.4, 0.5) is 0 Å². The van der Waals surface area contributed by atoms with Crippen LogP contribution in [0.5, 0.6) is 17.2 Å². The standard InChI is InChI=1S/C22H19ClN2O4/c1-26-20-7-5-13(10-21(20)27-2)22-25-17(12-16(24-25)19-4-3-9-28-19)15-11-14(23)6-8-18(15)29-22/h3-11,17,22H,12H2,1-2H3/t17-,22+/m0/s1. The number of fused-ring (bicyclic) bond motifs is 3. The first-order valence-electron chi connectivity index (χ1n) is 9.25. The van der Waals surface area contributed by atoms with Crippen molar-refractivity contribution < 1.29 is 18.6 Å². The van der Waals surface area contributed by atoms with E-state index in [1.165, 1.54) is 0 Å². The molecule has 29 heavy (non-hydrogen) atoms. The monoisotopic (exact) mass is 410 g/mol. The summed E-state index contributed by atoms with van der Waals surface area (Å²) in [5.74, 6) is 2.86. The summed E-state index contributed by atoms with van der Waals surface area (Å²) in [6.45, 7) is 0. The molecule has 0 saturated heterocycles. The number of halogens is 1. The molecule has 2 aliphatic rings. The molecule has 148 valence electrons. The van der Waals surface area contributed by atoms with E-state index in [4.69, 9.17) is 35.3 Å². The van der Waals surface area contributed by atoms with Gasteiger partial charge in [0.1, 0.15) is 17.2 Å². The molecule has 0 bridgehead atoms. The van der Waals surface area contributed by atoms with Gasteiger partial charge in [0.25, 0.3) is 0 Å². The highest BCUT2D eigenvalue weighted by molar-refractivity contribution is 6.30. The molecule has 2 atom stereocenters. The lowest BCUT2D eigenvalue weighted by molar-refractivity contribution is -0.0191. The second-order valence-electron chi connectivity index (χ2n) is 6.89. The quantitative estimate of drug-likeness (QED) is 0.592. The Morgan fingerprint density at radius 1 is 1.07 bits per heavy atom. The Hall–Kier alpha value is -3.12. The maximum atomic E-state index is 6.36. The predicted molar refractivity (Wildman–Crippen MR) is 109 cm³/mol. The van der Waals surface area contributed by atoms with E-state index >= 15 is 0 Å². The summed E-state index contributed by atoms with van der Waals surface area (Å²) >= 11 is 6.27. The molecule has 7 heteroatoms. The number of hydrogen-bond acceptors (Lipinski definition) is 6. The lowest BCUT2D eigenvalue weighted by Crippen LogP contribution is -2.33. The Kier molecular flexibility index (Phi) is 4.36. The molecule has 0 spiro atoms. The molecular weight excluding hydrogens is 392 g/mol. The van der Waals surface area contributed by atoms with Crippen molar-refractivity contribution in [3.63, 3.8) is 0 Å². The molecule has 0 aliphatic carbocycles. The van der Waals surface area contributed by atoms with Crippen LogP contribution in [-0.4, -0.2) is 24.9 Å². The number of methoxy groups -OCH3 is 2. The van der Waals surface area contributed by atoms with Gasteiger partial charge in [0.2, 0.25) is 6.23 Å². The zero-order valence-corrected chi connectivity index (χ0v) is 16.7. The molecule has 0 unspecified atom stereocenters. The van der Waals surface area contributed by atoms with Crippen molar-refractivity contribution in [2.75, 3.05) is 14.2 Å². The van der Waals surface area contributed by atoms with E-state index in [-0.39, 0.29) is 6.04 Å². The van der Waals surface area contributed by atoms with E-state index in [9.17, 15) is 0 Å². The third-order valence-electron chi connectivity index (χ3n) is 5.25. The van der Waals surface area contributed by atoms with Crippen LogP contribution in [0.1, 0.15) is 35.6 Å². The number of hydrazone groups is 1. The minimum Gasteiger partial charge on any atom is -0.493 e. The first-order chi connectivity index (χ1) is 14.2. The molecule has 1 aromatic heterocycles. The number of rotatable bonds is 4. The lowest BCUT2D eigenvalue weighted by atomic mass is 9.97. The third kappa shape index (κ3) is 3.00. The Labute approximate surface area is 173 Å². The number of hydrogen-bond donors (Lipinski definition) is 0. The predicted octanol–water partition coefficient (Wildman–Crippen LogP) is 5.19. The number of furan rings is 1. The second kappa shape index (κ2) is 7.04. The highest BCUT2D eigenvalue weighted by atomic mass is 35.5. The Morgan fingerprint density at radius 2 is 1.93 bits per heavy atom. The van der Waals surface area contributed by atoms with Crippen LogP contribution in [0.15, 0.2) is 64.3 Å². The fraction of sp³-hybridized carbons (Fsp3) is 0.227. The van der Waals surface area contributed by atoms with Crippen LogP contribution in [0.2, 0.25) is 5.02 Å². The average molecular weight is 411 g/mol. The maximum Gasteiger partial charge on any atom is 0.214 e. The minimum absolute atomic E-state index is 0.00403. The summed E-state index contributed by atoms with van der Waals surface area (Å²) in [5.41, 5.74) is 2.80. The molecule has 0 saturated carbocycles. The molecule has 3 heterocycles. The molecule has 0 radical (unpaired) electrons. The van der Waals surface area contributed by atoms with Crippen LogP contribution < -0.4 is 14.2 Å². The van der Waals surface area contributed by atoms with Crippen LogP contribution in [0.25, 0.3) is 0 Å². The fourth-order valence-electron chi connectivity index (χ4n) is 3.88. The number of ether oxygens (including phenoxy) is 3. The average Bonchev–Trinajstić information content (AvgIpc) is 3.42. The molecule has 0 fully saturated rings. The summed E-state index contributed by atoms with van der Waals surface area (Å²) < 4.78 is 22.8. The van der Waals surface area contributed by atoms with Gasteiger partial charge in [-0.2, -0.15) is 5.10 Å². The van der Waals surface area contributed by atoms with Gasteiger partial charge in [-0.05, 0) is 48.5 Å². The SMILES string of the molecule is COc1ccc([C@H]2Oc3ccc(Cl)cc3[C@@H]3CC(c4ccco4)=NN23)cc1OC. The van der Waals surface area contributed by atoms with Crippen molar-refractivity contribution in [2.45, 2.75) is 18.7 Å². The number of nitrogens with zero attached hydrogens (tertiary/aromatic N) is 2. The van der Waals surface area contributed by atoms with Crippen molar-refractivity contribution in [3.8, 4) is 17.2 Å². The van der Waals surface area contributed by atoms with Gasteiger partial charge < -0.3 is 18.6 Å². The Morgan fingerprint density at radius 3 is 2.69 bits per heavy atom.